The quantitative estimate of drug-likeness (QED) is 0.867. The van der Waals surface area contributed by atoms with Gasteiger partial charge in [-0.15, -0.1) is 11.3 Å². The van der Waals surface area contributed by atoms with Gasteiger partial charge in [-0.2, -0.15) is 0 Å². The van der Waals surface area contributed by atoms with Crippen molar-refractivity contribution in [3.63, 3.8) is 0 Å². The summed E-state index contributed by atoms with van der Waals surface area (Å²) in [6, 6.07) is 14.6. The number of hydrogen-bond donors (Lipinski definition) is 2. The summed E-state index contributed by atoms with van der Waals surface area (Å²) < 4.78 is 0. The molecule has 26 heavy (non-hydrogen) atoms. The molecule has 1 amide bonds. The van der Waals surface area contributed by atoms with Gasteiger partial charge in [-0.1, -0.05) is 30.3 Å². The molecule has 2 aromatic rings. The topological polar surface area (TPSA) is 69.6 Å². The van der Waals surface area contributed by atoms with E-state index in [0.717, 1.165) is 23.2 Å². The van der Waals surface area contributed by atoms with Gasteiger partial charge in [0.05, 0.1) is 4.88 Å². The second kappa shape index (κ2) is 8.47. The van der Waals surface area contributed by atoms with Crippen molar-refractivity contribution < 1.29 is 14.7 Å². The normalized spacial score (nSPS) is 23.7. The summed E-state index contributed by atoms with van der Waals surface area (Å²) in [6.07, 6.45) is 2.45. The predicted molar refractivity (Wildman–Crippen MR) is 103 cm³/mol. The maximum absolute atomic E-state index is 12.5. The van der Waals surface area contributed by atoms with Crippen molar-refractivity contribution in [3.8, 4) is 10.4 Å². The van der Waals surface area contributed by atoms with E-state index >= 15 is 0 Å². The van der Waals surface area contributed by atoms with Gasteiger partial charge >= 0.3 is 0 Å². The zero-order valence-electron chi connectivity index (χ0n) is 14.9. The second-order valence-electron chi connectivity index (χ2n) is 6.77. The maximum atomic E-state index is 12.5. The molecule has 3 aliphatic rings. The van der Waals surface area contributed by atoms with Gasteiger partial charge < -0.3 is 15.3 Å². The van der Waals surface area contributed by atoms with Gasteiger partial charge in [0.25, 0.3) is 11.9 Å². The first-order chi connectivity index (χ1) is 12.5. The molecule has 5 rings (SSSR count). The molecule has 5 nitrogen and oxygen atoms in total. The van der Waals surface area contributed by atoms with E-state index in [-0.39, 0.29) is 5.91 Å². The van der Waals surface area contributed by atoms with Crippen molar-refractivity contribution in [1.82, 2.24) is 10.2 Å². The smallest absolute Gasteiger partial charge is 0.300 e. The number of carbonyl (C=O) groups is 2. The number of carboxylic acid groups (broad SMARTS) is 1. The van der Waals surface area contributed by atoms with E-state index in [1.165, 1.54) is 31.5 Å². The molecule has 1 aromatic heterocycles. The molecule has 0 spiro atoms. The number of nitrogens with one attached hydrogen (secondary N) is 1. The molecular formula is C20H24N2O3S. The molecule has 0 unspecified atom stereocenters. The fourth-order valence-electron chi connectivity index (χ4n) is 3.59. The van der Waals surface area contributed by atoms with Gasteiger partial charge in [-0.05, 0) is 49.5 Å². The van der Waals surface area contributed by atoms with Crippen LogP contribution in [0, 0.1) is 5.92 Å². The number of fused-ring (bicyclic) bond motifs is 3. The van der Waals surface area contributed by atoms with Gasteiger partial charge in [0.2, 0.25) is 0 Å². The lowest BCUT2D eigenvalue weighted by molar-refractivity contribution is -0.134. The lowest BCUT2D eigenvalue weighted by Gasteiger charge is -2.44. The third-order valence-corrected chi connectivity index (χ3v) is 5.99. The summed E-state index contributed by atoms with van der Waals surface area (Å²) in [6.45, 7) is 4.51. The molecule has 3 saturated heterocycles. The molecule has 0 saturated carbocycles. The Morgan fingerprint density at radius 2 is 1.77 bits per heavy atom. The van der Waals surface area contributed by atoms with Crippen LogP contribution in [0.3, 0.4) is 0 Å². The number of aliphatic carboxylic acids is 1. The monoisotopic (exact) mass is 372 g/mol. The summed E-state index contributed by atoms with van der Waals surface area (Å²) >= 11 is 1.58. The molecule has 6 heteroatoms. The second-order valence-corrected chi connectivity index (χ2v) is 7.85. The highest BCUT2D eigenvalue weighted by molar-refractivity contribution is 7.17. The minimum atomic E-state index is -0.833. The third kappa shape index (κ3) is 4.71. The molecule has 1 atom stereocenters. The average Bonchev–Trinajstić information content (AvgIpc) is 3.13. The highest BCUT2D eigenvalue weighted by atomic mass is 32.1. The minimum absolute atomic E-state index is 0.0888. The van der Waals surface area contributed by atoms with Crippen LogP contribution >= 0.6 is 11.3 Å². The lowest BCUT2D eigenvalue weighted by Crippen LogP contribution is -2.57. The van der Waals surface area contributed by atoms with E-state index < -0.39 is 5.97 Å². The number of rotatable bonds is 3. The third-order valence-electron chi connectivity index (χ3n) is 4.86. The van der Waals surface area contributed by atoms with E-state index in [1.54, 1.807) is 11.3 Å². The van der Waals surface area contributed by atoms with Crippen LogP contribution in [0.1, 0.15) is 29.4 Å². The summed E-state index contributed by atoms with van der Waals surface area (Å²) in [7, 11) is 0. The largest absolute Gasteiger partial charge is 0.481 e. The molecule has 0 radical (unpaired) electrons. The fraction of sp³-hybridized carbons (Fsp3) is 0.400. The van der Waals surface area contributed by atoms with Gasteiger partial charge in [0.1, 0.15) is 0 Å². The number of benzene rings is 1. The number of nitrogens with zero attached hydrogens (tertiary/aromatic N) is 1. The van der Waals surface area contributed by atoms with E-state index in [4.69, 9.17) is 9.90 Å². The van der Waals surface area contributed by atoms with E-state index in [2.05, 4.69) is 22.3 Å². The summed E-state index contributed by atoms with van der Waals surface area (Å²) in [4.78, 5) is 25.9. The zero-order chi connectivity index (χ0) is 18.5. The Labute approximate surface area is 157 Å². The molecule has 3 fully saturated rings. The first-order valence-electron chi connectivity index (χ1n) is 8.91. The molecule has 2 bridgehead atoms. The van der Waals surface area contributed by atoms with Crippen LogP contribution in [-0.4, -0.2) is 47.6 Å². The van der Waals surface area contributed by atoms with Crippen LogP contribution in [0.2, 0.25) is 0 Å². The Balaban J connectivity index is 0.000000447. The fourth-order valence-corrected chi connectivity index (χ4v) is 4.50. The Bertz CT molecular complexity index is 747. The molecule has 138 valence electrons. The van der Waals surface area contributed by atoms with Crippen LogP contribution in [0.25, 0.3) is 10.4 Å². The maximum Gasteiger partial charge on any atom is 0.300 e. The summed E-state index contributed by atoms with van der Waals surface area (Å²) in [5, 5.41) is 10.7. The van der Waals surface area contributed by atoms with Crippen LogP contribution in [0.5, 0.6) is 0 Å². The Morgan fingerprint density at radius 1 is 1.12 bits per heavy atom. The average molecular weight is 372 g/mol. The van der Waals surface area contributed by atoms with Crippen molar-refractivity contribution in [1.29, 1.82) is 0 Å². The Hall–Kier alpha value is -2.18. The van der Waals surface area contributed by atoms with Gasteiger partial charge in [0.15, 0.2) is 0 Å². The number of carboxylic acids is 1. The first kappa shape index (κ1) is 18.6. The van der Waals surface area contributed by atoms with Crippen molar-refractivity contribution in [3.05, 3.63) is 47.3 Å². The van der Waals surface area contributed by atoms with Crippen LogP contribution in [0.15, 0.2) is 42.5 Å². The summed E-state index contributed by atoms with van der Waals surface area (Å²) in [5.41, 5.74) is 1.18. The lowest BCUT2D eigenvalue weighted by atomic mass is 9.84. The highest BCUT2D eigenvalue weighted by Gasteiger charge is 2.35. The predicted octanol–water partition coefficient (Wildman–Crippen LogP) is 3.33. The Morgan fingerprint density at radius 3 is 2.35 bits per heavy atom. The summed E-state index contributed by atoms with van der Waals surface area (Å²) in [5.74, 6) is -0.0755. The molecular weight excluding hydrogens is 348 g/mol. The van der Waals surface area contributed by atoms with E-state index in [9.17, 15) is 4.79 Å². The SMILES string of the molecule is CC(=O)O.O=C(N[C@H]1CN2CCC1CC2)c1ccc(-c2ccccc2)s1. The first-order valence-corrected chi connectivity index (χ1v) is 9.72. The van der Waals surface area contributed by atoms with Crippen molar-refractivity contribution in [2.75, 3.05) is 19.6 Å². The van der Waals surface area contributed by atoms with E-state index in [0.29, 0.717) is 12.0 Å². The molecule has 4 heterocycles. The number of piperidine rings is 3. The number of amides is 1. The minimum Gasteiger partial charge on any atom is -0.481 e. The highest BCUT2D eigenvalue weighted by Crippen LogP contribution is 2.30. The number of hydrogen-bond acceptors (Lipinski definition) is 4. The molecule has 1 aromatic carbocycles. The Kier molecular flexibility index (Phi) is 6.06. The van der Waals surface area contributed by atoms with Crippen molar-refractivity contribution in [2.45, 2.75) is 25.8 Å². The van der Waals surface area contributed by atoms with Crippen molar-refractivity contribution >= 4 is 23.2 Å². The van der Waals surface area contributed by atoms with Crippen LogP contribution in [-0.2, 0) is 4.79 Å². The van der Waals surface area contributed by atoms with Gasteiger partial charge in [0, 0.05) is 24.4 Å². The molecule has 3 aliphatic heterocycles. The number of carbonyl (C=O) groups excluding carboxylic acids is 1. The van der Waals surface area contributed by atoms with Crippen LogP contribution in [0.4, 0.5) is 0 Å². The molecule has 2 N–H and O–H groups in total. The number of thiophene rings is 1. The zero-order valence-corrected chi connectivity index (χ0v) is 15.7. The van der Waals surface area contributed by atoms with Gasteiger partial charge in [-0.3, -0.25) is 9.59 Å². The van der Waals surface area contributed by atoms with E-state index in [1.807, 2.05) is 30.3 Å². The standard InChI is InChI=1S/C18H20N2OS.C2H4O2/c21-18(19-15-12-20-10-8-13(15)9-11-20)17-7-6-16(22-17)14-4-2-1-3-5-14;1-2(3)4/h1-7,13,15H,8-12H2,(H,19,21);1H3,(H,3,4)/t15-;/m0./s1. The van der Waals surface area contributed by atoms with Crippen molar-refractivity contribution in [2.24, 2.45) is 5.92 Å². The van der Waals surface area contributed by atoms with Gasteiger partial charge in [-0.25, -0.2) is 0 Å². The molecule has 0 aliphatic carbocycles. The van der Waals surface area contributed by atoms with Crippen LogP contribution < -0.4 is 5.32 Å².